The van der Waals surface area contributed by atoms with Crippen molar-refractivity contribution in [1.29, 1.82) is 0 Å². The Morgan fingerprint density at radius 1 is 0.938 bits per heavy atom. The van der Waals surface area contributed by atoms with Crippen LogP contribution in [0.2, 0.25) is 0 Å². The van der Waals surface area contributed by atoms with Crippen LogP contribution in [0, 0.1) is 10.1 Å². The molecule has 32 heavy (non-hydrogen) atoms. The molecule has 0 radical (unpaired) electrons. The summed E-state index contributed by atoms with van der Waals surface area (Å²) in [5, 5.41) is 18.9. The normalized spacial score (nSPS) is 27.4. The highest BCUT2D eigenvalue weighted by Gasteiger charge is 2.67. The molecular weight excluding hydrogens is 410 g/mol. The van der Waals surface area contributed by atoms with Gasteiger partial charge in [0.15, 0.2) is 11.5 Å². The van der Waals surface area contributed by atoms with Gasteiger partial charge in [-0.3, -0.25) is 20.2 Å². The lowest BCUT2D eigenvalue weighted by Crippen LogP contribution is -2.48. The van der Waals surface area contributed by atoms with Crippen LogP contribution in [0.1, 0.15) is 28.7 Å². The molecule has 3 aromatic rings. The summed E-state index contributed by atoms with van der Waals surface area (Å²) in [6, 6.07) is 20.1. The molecule has 0 bridgehead atoms. The monoisotopic (exact) mass is 429 g/mol. The van der Waals surface area contributed by atoms with E-state index in [1.165, 1.54) is 0 Å². The number of nitrogens with one attached hydrogen (secondary N) is 2. The van der Waals surface area contributed by atoms with Gasteiger partial charge in [0.2, 0.25) is 18.7 Å². The number of ether oxygens (including phenoxy) is 2. The number of carbonyl (C=O) groups excluding carboxylic acids is 1. The number of rotatable bonds is 3. The summed E-state index contributed by atoms with van der Waals surface area (Å²) >= 11 is 0. The van der Waals surface area contributed by atoms with E-state index >= 15 is 0 Å². The highest BCUT2D eigenvalue weighted by atomic mass is 16.7. The molecule has 6 rings (SSSR count). The topological polar surface area (TPSA) is 103 Å². The van der Waals surface area contributed by atoms with E-state index in [1.54, 1.807) is 18.2 Å². The van der Waals surface area contributed by atoms with Crippen LogP contribution in [0.15, 0.2) is 72.8 Å². The number of nitro groups is 1. The zero-order valence-electron chi connectivity index (χ0n) is 16.9. The first kappa shape index (κ1) is 18.8. The van der Waals surface area contributed by atoms with Crippen LogP contribution in [0.25, 0.3) is 0 Å². The Morgan fingerprint density at radius 2 is 1.69 bits per heavy atom. The van der Waals surface area contributed by atoms with Crippen molar-refractivity contribution >= 4 is 11.6 Å². The van der Waals surface area contributed by atoms with Crippen molar-refractivity contribution in [2.75, 3.05) is 12.1 Å². The van der Waals surface area contributed by atoms with Gasteiger partial charge in [-0.25, -0.2) is 0 Å². The molecule has 8 nitrogen and oxygen atoms in total. The van der Waals surface area contributed by atoms with Crippen molar-refractivity contribution in [3.05, 3.63) is 99.6 Å². The van der Waals surface area contributed by atoms with Crippen molar-refractivity contribution in [2.45, 2.75) is 23.5 Å². The molecule has 0 saturated carbocycles. The molecule has 3 heterocycles. The second kappa shape index (κ2) is 6.80. The van der Waals surface area contributed by atoms with Crippen molar-refractivity contribution in [3.8, 4) is 11.5 Å². The van der Waals surface area contributed by atoms with Crippen molar-refractivity contribution in [1.82, 2.24) is 5.32 Å². The molecule has 2 N–H and O–H groups in total. The molecule has 3 aromatic carbocycles. The number of para-hydroxylation sites is 1. The molecule has 0 aliphatic carbocycles. The van der Waals surface area contributed by atoms with Crippen LogP contribution in [0.5, 0.6) is 11.5 Å². The second-order valence-corrected chi connectivity index (χ2v) is 8.21. The van der Waals surface area contributed by atoms with Crippen LogP contribution < -0.4 is 20.1 Å². The van der Waals surface area contributed by atoms with Crippen LogP contribution in [-0.2, 0) is 10.3 Å². The van der Waals surface area contributed by atoms with Gasteiger partial charge in [-0.05, 0) is 29.3 Å². The van der Waals surface area contributed by atoms with Gasteiger partial charge in [-0.1, -0.05) is 54.6 Å². The van der Waals surface area contributed by atoms with Crippen molar-refractivity contribution in [2.24, 2.45) is 0 Å². The molecule has 0 unspecified atom stereocenters. The summed E-state index contributed by atoms with van der Waals surface area (Å²) in [5.41, 5.74) is 1.47. The van der Waals surface area contributed by atoms with E-state index in [2.05, 4.69) is 10.6 Å². The molecular formula is C24H19N3O5. The minimum atomic E-state index is -1.30. The van der Waals surface area contributed by atoms with E-state index in [0.29, 0.717) is 28.3 Å². The Labute approximate surface area is 183 Å². The first-order valence-corrected chi connectivity index (χ1v) is 10.4. The van der Waals surface area contributed by atoms with Gasteiger partial charge in [0.25, 0.3) is 0 Å². The minimum Gasteiger partial charge on any atom is -0.454 e. The van der Waals surface area contributed by atoms with Crippen LogP contribution >= 0.6 is 0 Å². The molecule has 8 heteroatoms. The number of anilines is 1. The number of hydrogen-bond donors (Lipinski definition) is 2. The van der Waals surface area contributed by atoms with Crippen LogP contribution in [-0.4, -0.2) is 23.7 Å². The third-order valence-electron chi connectivity index (χ3n) is 6.65. The maximum Gasteiger partial charge on any atom is 0.250 e. The molecule has 3 aliphatic heterocycles. The maximum absolute atomic E-state index is 13.6. The quantitative estimate of drug-likeness (QED) is 0.489. The van der Waals surface area contributed by atoms with Gasteiger partial charge in [0.05, 0.1) is 5.92 Å². The number of nitrogens with zero attached hydrogens (tertiary/aromatic N) is 1. The average Bonchev–Trinajstić information content (AvgIpc) is 3.49. The molecule has 160 valence electrons. The van der Waals surface area contributed by atoms with E-state index < -0.39 is 23.5 Å². The Hall–Kier alpha value is -3.91. The SMILES string of the molecule is O=C1Nc2ccccc2[C@]12N[C@H](c1ccccc1)[C@H]([N+](=O)[O-])[C@H]2c1ccc2c(c1)OCO2. The van der Waals surface area contributed by atoms with E-state index in [-0.39, 0.29) is 17.6 Å². The predicted molar refractivity (Wildman–Crippen MR) is 115 cm³/mol. The van der Waals surface area contributed by atoms with Crippen molar-refractivity contribution in [3.63, 3.8) is 0 Å². The van der Waals surface area contributed by atoms with E-state index in [0.717, 1.165) is 5.56 Å². The number of hydrogen-bond acceptors (Lipinski definition) is 6. The lowest BCUT2D eigenvalue weighted by molar-refractivity contribution is -0.527. The highest BCUT2D eigenvalue weighted by molar-refractivity contribution is 6.07. The molecule has 1 fully saturated rings. The summed E-state index contributed by atoms with van der Waals surface area (Å²) in [4.78, 5) is 25.8. The van der Waals surface area contributed by atoms with Gasteiger partial charge in [-0.15, -0.1) is 0 Å². The third-order valence-corrected chi connectivity index (χ3v) is 6.65. The molecule has 3 aliphatic rings. The smallest absolute Gasteiger partial charge is 0.250 e. The fraction of sp³-hybridized carbons (Fsp3) is 0.208. The number of benzene rings is 3. The van der Waals surface area contributed by atoms with Gasteiger partial charge in [-0.2, -0.15) is 0 Å². The standard InChI is InChI=1S/C24H19N3O5/c28-23-24(16-8-4-5-9-17(16)25-23)20(15-10-11-18-19(12-15)32-13-31-18)22(27(29)30)21(26-24)14-6-2-1-3-7-14/h1-12,20-22,26H,13H2,(H,25,28)/t20-,21-,22-,24-/m1/s1. The molecule has 1 saturated heterocycles. The van der Waals surface area contributed by atoms with Crippen LogP contribution in [0.4, 0.5) is 5.69 Å². The van der Waals surface area contributed by atoms with E-state index in [1.807, 2.05) is 54.6 Å². The van der Waals surface area contributed by atoms with Gasteiger partial charge in [0.1, 0.15) is 11.6 Å². The summed E-state index contributed by atoms with van der Waals surface area (Å²) in [6.07, 6.45) is 0. The maximum atomic E-state index is 13.6. The fourth-order valence-electron chi connectivity index (χ4n) is 5.34. The summed E-state index contributed by atoms with van der Waals surface area (Å²) < 4.78 is 11.0. The lowest BCUT2D eigenvalue weighted by Gasteiger charge is -2.29. The largest absolute Gasteiger partial charge is 0.454 e. The minimum absolute atomic E-state index is 0.0987. The Balaban J connectivity index is 1.60. The summed E-state index contributed by atoms with van der Waals surface area (Å²) in [5.74, 6) is 0.0318. The lowest BCUT2D eigenvalue weighted by atomic mass is 9.74. The van der Waals surface area contributed by atoms with E-state index in [4.69, 9.17) is 9.47 Å². The zero-order chi connectivity index (χ0) is 21.9. The van der Waals surface area contributed by atoms with Gasteiger partial charge in [0, 0.05) is 16.2 Å². The average molecular weight is 429 g/mol. The molecule has 1 spiro atoms. The zero-order valence-corrected chi connectivity index (χ0v) is 16.9. The van der Waals surface area contributed by atoms with Crippen molar-refractivity contribution < 1.29 is 19.2 Å². The summed E-state index contributed by atoms with van der Waals surface area (Å²) in [6.45, 7) is 0.0987. The third kappa shape index (κ3) is 2.50. The number of carbonyl (C=O) groups is 1. The second-order valence-electron chi connectivity index (χ2n) is 8.21. The van der Waals surface area contributed by atoms with Gasteiger partial charge >= 0.3 is 0 Å². The number of fused-ring (bicyclic) bond motifs is 3. The number of amides is 1. The van der Waals surface area contributed by atoms with Gasteiger partial charge < -0.3 is 14.8 Å². The van der Waals surface area contributed by atoms with Crippen LogP contribution in [0.3, 0.4) is 0 Å². The highest BCUT2D eigenvalue weighted by Crippen LogP contribution is 2.56. The Morgan fingerprint density at radius 3 is 2.50 bits per heavy atom. The Kier molecular flexibility index (Phi) is 4.00. The first-order chi connectivity index (χ1) is 15.6. The predicted octanol–water partition coefficient (Wildman–Crippen LogP) is 3.34. The molecule has 1 amide bonds. The first-order valence-electron chi connectivity index (χ1n) is 10.4. The summed E-state index contributed by atoms with van der Waals surface area (Å²) in [7, 11) is 0. The molecule has 4 atom stereocenters. The Bertz CT molecular complexity index is 1250. The molecule has 0 aromatic heterocycles. The van der Waals surface area contributed by atoms with E-state index in [9.17, 15) is 14.9 Å². The fourth-order valence-corrected chi connectivity index (χ4v) is 5.34.